The number of benzene rings is 1. The predicted octanol–water partition coefficient (Wildman–Crippen LogP) is 2.67. The first-order valence-electron chi connectivity index (χ1n) is 8.04. The van der Waals surface area contributed by atoms with Crippen molar-refractivity contribution in [3.05, 3.63) is 35.9 Å². The van der Waals surface area contributed by atoms with Crippen molar-refractivity contribution in [3.63, 3.8) is 0 Å². The molecule has 1 saturated heterocycles. The maximum Gasteiger partial charge on any atom is 0.310 e. The number of likely N-dealkylation sites (tertiary alicyclic amines) is 1. The number of hydrogen-bond acceptors (Lipinski definition) is 3. The average molecular weight is 303 g/mol. The molecule has 1 heterocycles. The standard InChI is InChI=1S/C18H25NO3/c1-14(2)13-22-18(21)16-10-11-19(12-16)17(20)9-8-15-6-4-3-5-7-15/h3-7,14,16H,8-13H2,1-2H3. The molecule has 0 radical (unpaired) electrons. The van der Waals surface area contributed by atoms with Crippen LogP contribution in [-0.2, 0) is 20.7 Å². The molecule has 120 valence electrons. The first-order valence-corrected chi connectivity index (χ1v) is 8.04. The van der Waals surface area contributed by atoms with Gasteiger partial charge in [0, 0.05) is 19.5 Å². The van der Waals surface area contributed by atoms with Crippen LogP contribution in [0.15, 0.2) is 30.3 Å². The zero-order valence-corrected chi connectivity index (χ0v) is 13.5. The third-order valence-electron chi connectivity index (χ3n) is 3.90. The highest BCUT2D eigenvalue weighted by Crippen LogP contribution is 2.19. The third-order valence-corrected chi connectivity index (χ3v) is 3.90. The Morgan fingerprint density at radius 3 is 2.68 bits per heavy atom. The molecule has 0 bridgehead atoms. The monoisotopic (exact) mass is 303 g/mol. The Balaban J connectivity index is 1.75. The Morgan fingerprint density at radius 1 is 1.27 bits per heavy atom. The van der Waals surface area contributed by atoms with Gasteiger partial charge in [-0.05, 0) is 24.3 Å². The minimum atomic E-state index is -0.160. The van der Waals surface area contributed by atoms with Gasteiger partial charge in [0.2, 0.25) is 5.91 Å². The van der Waals surface area contributed by atoms with Crippen molar-refractivity contribution in [2.24, 2.45) is 11.8 Å². The van der Waals surface area contributed by atoms with Gasteiger partial charge in [-0.15, -0.1) is 0 Å². The summed E-state index contributed by atoms with van der Waals surface area (Å²) in [6.45, 7) is 5.65. The van der Waals surface area contributed by atoms with Crippen LogP contribution in [0.4, 0.5) is 0 Å². The molecule has 0 N–H and O–H groups in total. The number of rotatable bonds is 6. The fourth-order valence-electron chi connectivity index (χ4n) is 2.60. The zero-order valence-electron chi connectivity index (χ0n) is 13.5. The van der Waals surface area contributed by atoms with Crippen molar-refractivity contribution in [1.29, 1.82) is 0 Å². The lowest BCUT2D eigenvalue weighted by molar-refractivity contribution is -0.149. The topological polar surface area (TPSA) is 46.6 Å². The normalized spacial score (nSPS) is 17.8. The molecule has 1 unspecified atom stereocenters. The summed E-state index contributed by atoms with van der Waals surface area (Å²) in [5.41, 5.74) is 1.17. The maximum atomic E-state index is 12.2. The molecule has 1 amide bonds. The quantitative estimate of drug-likeness (QED) is 0.759. The van der Waals surface area contributed by atoms with Crippen LogP contribution in [0.1, 0.15) is 32.3 Å². The molecular formula is C18H25NO3. The fraction of sp³-hybridized carbons (Fsp3) is 0.556. The Hall–Kier alpha value is -1.84. The Kier molecular flexibility index (Phi) is 5.99. The van der Waals surface area contributed by atoms with Gasteiger partial charge in [0.1, 0.15) is 0 Å². The van der Waals surface area contributed by atoms with Crippen LogP contribution in [0.25, 0.3) is 0 Å². The molecule has 0 spiro atoms. The summed E-state index contributed by atoms with van der Waals surface area (Å²) >= 11 is 0. The molecule has 1 aromatic rings. The Bertz CT molecular complexity index is 498. The van der Waals surface area contributed by atoms with Crippen LogP contribution in [0.5, 0.6) is 0 Å². The van der Waals surface area contributed by atoms with E-state index in [4.69, 9.17) is 4.74 Å². The molecule has 1 fully saturated rings. The SMILES string of the molecule is CC(C)COC(=O)C1CCN(C(=O)CCc2ccccc2)C1. The van der Waals surface area contributed by atoms with E-state index in [1.54, 1.807) is 4.90 Å². The van der Waals surface area contributed by atoms with Gasteiger partial charge in [0.15, 0.2) is 0 Å². The number of esters is 1. The van der Waals surface area contributed by atoms with Crippen molar-refractivity contribution in [1.82, 2.24) is 4.90 Å². The van der Waals surface area contributed by atoms with Crippen molar-refractivity contribution in [3.8, 4) is 0 Å². The predicted molar refractivity (Wildman–Crippen MR) is 85.2 cm³/mol. The minimum absolute atomic E-state index is 0.128. The molecule has 22 heavy (non-hydrogen) atoms. The van der Waals surface area contributed by atoms with E-state index in [1.807, 2.05) is 44.2 Å². The van der Waals surface area contributed by atoms with Gasteiger partial charge >= 0.3 is 5.97 Å². The molecule has 1 aliphatic rings. The highest BCUT2D eigenvalue weighted by molar-refractivity contribution is 5.79. The average Bonchev–Trinajstić information content (AvgIpc) is 3.01. The molecule has 0 aliphatic carbocycles. The van der Waals surface area contributed by atoms with Crippen molar-refractivity contribution < 1.29 is 14.3 Å². The molecule has 1 atom stereocenters. The zero-order chi connectivity index (χ0) is 15.9. The number of amides is 1. The van der Waals surface area contributed by atoms with Gasteiger partial charge in [-0.25, -0.2) is 0 Å². The summed E-state index contributed by atoms with van der Waals surface area (Å²) in [5, 5.41) is 0. The molecule has 0 aromatic heterocycles. The van der Waals surface area contributed by atoms with E-state index >= 15 is 0 Å². The van der Waals surface area contributed by atoms with Gasteiger partial charge in [0.05, 0.1) is 12.5 Å². The van der Waals surface area contributed by atoms with E-state index in [0.717, 1.165) is 6.42 Å². The fourth-order valence-corrected chi connectivity index (χ4v) is 2.60. The lowest BCUT2D eigenvalue weighted by Gasteiger charge is -2.16. The van der Waals surface area contributed by atoms with Crippen LogP contribution in [0.2, 0.25) is 0 Å². The molecule has 1 aliphatic heterocycles. The lowest BCUT2D eigenvalue weighted by atomic mass is 10.1. The number of nitrogens with zero attached hydrogens (tertiary/aromatic N) is 1. The highest BCUT2D eigenvalue weighted by atomic mass is 16.5. The lowest BCUT2D eigenvalue weighted by Crippen LogP contribution is -2.30. The molecule has 2 rings (SSSR count). The highest BCUT2D eigenvalue weighted by Gasteiger charge is 2.31. The van der Waals surface area contributed by atoms with E-state index in [-0.39, 0.29) is 17.8 Å². The van der Waals surface area contributed by atoms with E-state index in [9.17, 15) is 9.59 Å². The summed E-state index contributed by atoms with van der Waals surface area (Å²) in [6, 6.07) is 10.00. The first kappa shape index (κ1) is 16.5. The number of carbonyl (C=O) groups excluding carboxylic acids is 2. The van der Waals surface area contributed by atoms with Gasteiger partial charge in [-0.2, -0.15) is 0 Å². The van der Waals surface area contributed by atoms with Gasteiger partial charge in [-0.1, -0.05) is 44.2 Å². The van der Waals surface area contributed by atoms with Crippen molar-refractivity contribution in [2.45, 2.75) is 33.1 Å². The number of carbonyl (C=O) groups is 2. The number of aryl methyl sites for hydroxylation is 1. The molecule has 4 nitrogen and oxygen atoms in total. The largest absolute Gasteiger partial charge is 0.465 e. The Labute approximate surface area is 132 Å². The summed E-state index contributed by atoms with van der Waals surface area (Å²) in [7, 11) is 0. The molecule has 4 heteroatoms. The molecular weight excluding hydrogens is 278 g/mol. The Morgan fingerprint density at radius 2 is 2.00 bits per heavy atom. The second-order valence-electron chi connectivity index (χ2n) is 6.33. The summed E-state index contributed by atoms with van der Waals surface area (Å²) in [6.07, 6.45) is 1.96. The molecule has 1 aromatic carbocycles. The van der Waals surface area contributed by atoms with Gasteiger partial charge < -0.3 is 9.64 Å². The summed E-state index contributed by atoms with van der Waals surface area (Å²) in [5.74, 6) is 0.156. The third kappa shape index (κ3) is 4.86. The minimum Gasteiger partial charge on any atom is -0.465 e. The van der Waals surface area contributed by atoms with Crippen LogP contribution in [-0.4, -0.2) is 36.5 Å². The second-order valence-corrected chi connectivity index (χ2v) is 6.33. The van der Waals surface area contributed by atoms with E-state index in [2.05, 4.69) is 0 Å². The smallest absolute Gasteiger partial charge is 0.310 e. The maximum absolute atomic E-state index is 12.2. The second kappa shape index (κ2) is 7.97. The summed E-state index contributed by atoms with van der Waals surface area (Å²) in [4.78, 5) is 26.0. The van der Waals surface area contributed by atoms with E-state index in [1.165, 1.54) is 5.56 Å². The van der Waals surface area contributed by atoms with Gasteiger partial charge in [-0.3, -0.25) is 9.59 Å². The van der Waals surface area contributed by atoms with Crippen LogP contribution >= 0.6 is 0 Å². The van der Waals surface area contributed by atoms with Crippen molar-refractivity contribution in [2.75, 3.05) is 19.7 Å². The number of hydrogen-bond donors (Lipinski definition) is 0. The van der Waals surface area contributed by atoms with E-state index < -0.39 is 0 Å². The van der Waals surface area contributed by atoms with E-state index in [0.29, 0.717) is 38.5 Å². The van der Waals surface area contributed by atoms with Gasteiger partial charge in [0.25, 0.3) is 0 Å². The first-order chi connectivity index (χ1) is 10.6. The van der Waals surface area contributed by atoms with Crippen molar-refractivity contribution >= 4 is 11.9 Å². The number of ether oxygens (including phenoxy) is 1. The van der Waals surface area contributed by atoms with Crippen LogP contribution in [0, 0.1) is 11.8 Å². The molecule has 0 saturated carbocycles. The van der Waals surface area contributed by atoms with Crippen LogP contribution in [0.3, 0.4) is 0 Å². The summed E-state index contributed by atoms with van der Waals surface area (Å²) < 4.78 is 5.27. The van der Waals surface area contributed by atoms with Crippen LogP contribution < -0.4 is 0 Å².